The first-order valence-electron chi connectivity index (χ1n) is 6.96. The van der Waals surface area contributed by atoms with Gasteiger partial charge >= 0.3 is 0 Å². The monoisotopic (exact) mass is 274 g/mol. The minimum absolute atomic E-state index is 0.00985. The van der Waals surface area contributed by atoms with E-state index in [-0.39, 0.29) is 11.9 Å². The molecule has 1 heterocycles. The molecule has 3 aromatic carbocycles. The van der Waals surface area contributed by atoms with Crippen LogP contribution in [0.1, 0.15) is 11.6 Å². The van der Waals surface area contributed by atoms with Crippen LogP contribution in [-0.2, 0) is 4.79 Å². The summed E-state index contributed by atoms with van der Waals surface area (Å²) in [5.74, 6) is -0.00985. The number of carbonyl (C=O) groups is 1. The van der Waals surface area contributed by atoms with Crippen molar-refractivity contribution in [1.29, 1.82) is 0 Å². The van der Waals surface area contributed by atoms with Crippen LogP contribution in [0.2, 0.25) is 0 Å². The van der Waals surface area contributed by atoms with Gasteiger partial charge in [-0.1, -0.05) is 48.5 Å². The summed E-state index contributed by atoms with van der Waals surface area (Å²) in [5.41, 5.74) is 2.84. The fourth-order valence-corrected chi connectivity index (χ4v) is 2.80. The van der Waals surface area contributed by atoms with Crippen molar-refractivity contribution in [3.8, 4) is 0 Å². The van der Waals surface area contributed by atoms with E-state index in [1.807, 2.05) is 42.5 Å². The Morgan fingerprint density at radius 1 is 0.857 bits per heavy atom. The van der Waals surface area contributed by atoms with Gasteiger partial charge in [0.25, 0.3) is 5.91 Å². The van der Waals surface area contributed by atoms with Crippen LogP contribution in [0.25, 0.3) is 10.8 Å². The number of para-hydroxylation sites is 1. The highest BCUT2D eigenvalue weighted by Crippen LogP contribution is 2.33. The molecule has 21 heavy (non-hydrogen) atoms. The lowest BCUT2D eigenvalue weighted by Crippen LogP contribution is -2.19. The molecule has 3 aromatic rings. The number of nitrogens with one attached hydrogen (secondary N) is 2. The molecular weight excluding hydrogens is 260 g/mol. The Hall–Kier alpha value is -2.81. The number of hydrogen-bond donors (Lipinski definition) is 2. The third kappa shape index (κ3) is 2.03. The van der Waals surface area contributed by atoms with Crippen molar-refractivity contribution in [1.82, 2.24) is 0 Å². The smallest absolute Gasteiger partial charge is 0.251 e. The number of amides is 1. The van der Waals surface area contributed by atoms with Crippen molar-refractivity contribution in [3.63, 3.8) is 0 Å². The molecule has 1 aliphatic heterocycles. The zero-order valence-corrected chi connectivity index (χ0v) is 11.3. The molecule has 3 heteroatoms. The van der Waals surface area contributed by atoms with E-state index < -0.39 is 0 Å². The minimum atomic E-state index is -0.331. The molecule has 0 aliphatic carbocycles. The van der Waals surface area contributed by atoms with Crippen molar-refractivity contribution in [2.45, 2.75) is 6.04 Å². The van der Waals surface area contributed by atoms with Crippen molar-refractivity contribution in [2.24, 2.45) is 0 Å². The van der Waals surface area contributed by atoms with Crippen LogP contribution in [0.5, 0.6) is 0 Å². The van der Waals surface area contributed by atoms with Crippen LogP contribution >= 0.6 is 0 Å². The maximum atomic E-state index is 12.1. The molecule has 0 saturated carbocycles. The van der Waals surface area contributed by atoms with Crippen molar-refractivity contribution >= 4 is 28.1 Å². The van der Waals surface area contributed by atoms with Gasteiger partial charge in [-0.15, -0.1) is 0 Å². The topological polar surface area (TPSA) is 41.1 Å². The van der Waals surface area contributed by atoms with Crippen LogP contribution in [0, 0.1) is 0 Å². The SMILES string of the molecule is O=C1Nc2ccccc2C1Nc1ccc2ccccc2c1. The molecular formula is C18H14N2O. The number of carbonyl (C=O) groups excluding carboxylic acids is 1. The molecule has 0 saturated heterocycles. The Balaban J connectivity index is 1.70. The first kappa shape index (κ1) is 12.0. The first-order chi connectivity index (χ1) is 10.3. The maximum absolute atomic E-state index is 12.1. The summed E-state index contributed by atoms with van der Waals surface area (Å²) in [7, 11) is 0. The molecule has 0 fully saturated rings. The molecule has 1 unspecified atom stereocenters. The van der Waals surface area contributed by atoms with Gasteiger partial charge in [0, 0.05) is 16.9 Å². The summed E-state index contributed by atoms with van der Waals surface area (Å²) in [6, 6.07) is 21.8. The highest BCUT2D eigenvalue weighted by Gasteiger charge is 2.29. The van der Waals surface area contributed by atoms with Gasteiger partial charge in [0.15, 0.2) is 0 Å². The van der Waals surface area contributed by atoms with E-state index in [2.05, 4.69) is 34.9 Å². The van der Waals surface area contributed by atoms with Gasteiger partial charge in [-0.3, -0.25) is 4.79 Å². The van der Waals surface area contributed by atoms with Gasteiger partial charge in [-0.2, -0.15) is 0 Å². The molecule has 4 rings (SSSR count). The van der Waals surface area contributed by atoms with Gasteiger partial charge in [0.1, 0.15) is 6.04 Å². The highest BCUT2D eigenvalue weighted by atomic mass is 16.2. The lowest BCUT2D eigenvalue weighted by molar-refractivity contribution is -0.116. The van der Waals surface area contributed by atoms with Crippen LogP contribution in [0.4, 0.5) is 11.4 Å². The van der Waals surface area contributed by atoms with E-state index in [0.717, 1.165) is 22.3 Å². The van der Waals surface area contributed by atoms with E-state index >= 15 is 0 Å². The Kier molecular flexibility index (Phi) is 2.64. The van der Waals surface area contributed by atoms with E-state index in [9.17, 15) is 4.79 Å². The Morgan fingerprint density at radius 3 is 2.52 bits per heavy atom. The predicted molar refractivity (Wildman–Crippen MR) is 85.4 cm³/mol. The Labute approximate surface area is 122 Å². The van der Waals surface area contributed by atoms with E-state index in [1.165, 1.54) is 5.39 Å². The predicted octanol–water partition coefficient (Wildman–Crippen LogP) is 3.95. The van der Waals surface area contributed by atoms with E-state index in [1.54, 1.807) is 0 Å². The lowest BCUT2D eigenvalue weighted by atomic mass is 10.1. The molecule has 1 atom stereocenters. The quantitative estimate of drug-likeness (QED) is 0.743. The van der Waals surface area contributed by atoms with Gasteiger partial charge in [-0.05, 0) is 29.0 Å². The molecule has 0 bridgehead atoms. The molecule has 1 amide bonds. The maximum Gasteiger partial charge on any atom is 0.251 e. The zero-order valence-electron chi connectivity index (χ0n) is 11.3. The average molecular weight is 274 g/mol. The normalized spacial score (nSPS) is 16.6. The third-order valence-corrected chi connectivity index (χ3v) is 3.85. The molecule has 2 N–H and O–H groups in total. The Bertz CT molecular complexity index is 841. The Morgan fingerprint density at radius 2 is 1.62 bits per heavy atom. The van der Waals surface area contributed by atoms with Crippen molar-refractivity contribution < 1.29 is 4.79 Å². The highest BCUT2D eigenvalue weighted by molar-refractivity contribution is 6.04. The fourth-order valence-electron chi connectivity index (χ4n) is 2.80. The number of fused-ring (bicyclic) bond motifs is 2. The van der Waals surface area contributed by atoms with Crippen LogP contribution in [-0.4, -0.2) is 5.91 Å². The summed E-state index contributed by atoms with van der Waals surface area (Å²) in [5, 5.41) is 8.59. The largest absolute Gasteiger partial charge is 0.370 e. The summed E-state index contributed by atoms with van der Waals surface area (Å²) in [4.78, 5) is 12.1. The summed E-state index contributed by atoms with van der Waals surface area (Å²) >= 11 is 0. The lowest BCUT2D eigenvalue weighted by Gasteiger charge is -2.13. The second-order valence-corrected chi connectivity index (χ2v) is 5.22. The first-order valence-corrected chi connectivity index (χ1v) is 6.96. The average Bonchev–Trinajstić information content (AvgIpc) is 2.83. The summed E-state index contributed by atoms with van der Waals surface area (Å²) in [6.45, 7) is 0. The third-order valence-electron chi connectivity index (χ3n) is 3.85. The van der Waals surface area contributed by atoms with E-state index in [4.69, 9.17) is 0 Å². The fraction of sp³-hybridized carbons (Fsp3) is 0.0556. The van der Waals surface area contributed by atoms with Gasteiger partial charge in [0.2, 0.25) is 0 Å². The van der Waals surface area contributed by atoms with Crippen LogP contribution in [0.3, 0.4) is 0 Å². The second kappa shape index (κ2) is 4.63. The van der Waals surface area contributed by atoms with Crippen LogP contribution in [0.15, 0.2) is 66.7 Å². The van der Waals surface area contributed by atoms with E-state index in [0.29, 0.717) is 0 Å². The number of rotatable bonds is 2. The molecule has 0 spiro atoms. The number of hydrogen-bond acceptors (Lipinski definition) is 2. The van der Waals surface area contributed by atoms with Gasteiger partial charge < -0.3 is 10.6 Å². The molecule has 1 aliphatic rings. The molecule has 0 aromatic heterocycles. The molecule has 3 nitrogen and oxygen atoms in total. The zero-order chi connectivity index (χ0) is 14.2. The molecule has 0 radical (unpaired) electrons. The van der Waals surface area contributed by atoms with Gasteiger partial charge in [0.05, 0.1) is 0 Å². The van der Waals surface area contributed by atoms with Gasteiger partial charge in [-0.25, -0.2) is 0 Å². The van der Waals surface area contributed by atoms with Crippen LogP contribution < -0.4 is 10.6 Å². The number of benzene rings is 3. The standard InChI is InChI=1S/C18H14N2O/c21-18-17(15-7-3-4-8-16(15)20-18)19-14-10-9-12-5-1-2-6-13(12)11-14/h1-11,17,19H,(H,20,21). The van der Waals surface area contributed by atoms with Crippen molar-refractivity contribution in [3.05, 3.63) is 72.3 Å². The van der Waals surface area contributed by atoms with Crippen molar-refractivity contribution in [2.75, 3.05) is 10.6 Å². The molecule has 102 valence electrons. The summed E-state index contributed by atoms with van der Waals surface area (Å²) in [6.07, 6.45) is 0. The number of anilines is 2. The minimum Gasteiger partial charge on any atom is -0.370 e. The summed E-state index contributed by atoms with van der Waals surface area (Å²) < 4.78 is 0. The second-order valence-electron chi connectivity index (χ2n) is 5.22.